The van der Waals surface area contributed by atoms with Crippen LogP contribution in [0.15, 0.2) is 97.8 Å². The Balaban J connectivity index is 1.09. The van der Waals surface area contributed by atoms with Crippen molar-refractivity contribution in [3.05, 3.63) is 122 Å². The van der Waals surface area contributed by atoms with E-state index in [1.807, 2.05) is 64.4 Å². The molecule has 6 aromatic heterocycles. The Morgan fingerprint density at radius 1 is 0.571 bits per heavy atom. The molecule has 10 nitrogen and oxygen atoms in total. The molecular weight excluding hydrogens is 619 g/mol. The Morgan fingerprint density at radius 3 is 1.49 bits per heavy atom. The van der Waals surface area contributed by atoms with Crippen LogP contribution in [-0.4, -0.2) is 38.3 Å². The minimum atomic E-state index is -0.522. The van der Waals surface area contributed by atoms with Gasteiger partial charge in [0.1, 0.15) is 0 Å². The van der Waals surface area contributed by atoms with Crippen LogP contribution in [0.3, 0.4) is 0 Å². The Morgan fingerprint density at radius 2 is 1.02 bits per heavy atom. The molecule has 7 aromatic rings. The summed E-state index contributed by atoms with van der Waals surface area (Å²) in [5.74, 6) is 0. The van der Waals surface area contributed by atoms with E-state index in [1.165, 1.54) is 0 Å². The number of aromatic nitrogens is 4. The summed E-state index contributed by atoms with van der Waals surface area (Å²) >= 11 is 0. The molecule has 1 fully saturated rings. The van der Waals surface area contributed by atoms with Crippen LogP contribution in [0.4, 0.5) is 0 Å². The van der Waals surface area contributed by atoms with Crippen molar-refractivity contribution in [2.24, 2.45) is 0 Å². The zero-order valence-corrected chi connectivity index (χ0v) is 27.6. The van der Waals surface area contributed by atoms with Gasteiger partial charge in [-0.3, -0.25) is 9.97 Å². The zero-order chi connectivity index (χ0) is 33.9. The molecule has 1 aromatic carbocycles. The Kier molecular flexibility index (Phi) is 7.42. The molecular formula is C38H33BN4O6. The van der Waals surface area contributed by atoms with Crippen molar-refractivity contribution in [1.82, 2.24) is 19.9 Å². The number of rotatable bonds is 7. The highest BCUT2D eigenvalue weighted by atomic mass is 16.7. The molecule has 0 saturated carbocycles. The number of aryl methyl sites for hydroxylation is 4. The third kappa shape index (κ3) is 5.68. The van der Waals surface area contributed by atoms with Gasteiger partial charge in [0.05, 0.1) is 43.8 Å². The first-order chi connectivity index (χ1) is 23.5. The highest BCUT2D eigenvalue weighted by Crippen LogP contribution is 2.36. The van der Waals surface area contributed by atoms with Crippen LogP contribution in [-0.2, 0) is 35.0 Å². The maximum absolute atomic E-state index is 12.8. The van der Waals surface area contributed by atoms with Crippen molar-refractivity contribution in [2.75, 3.05) is 0 Å². The fourth-order valence-corrected chi connectivity index (χ4v) is 6.39. The van der Waals surface area contributed by atoms with E-state index in [0.29, 0.717) is 58.3 Å². The highest BCUT2D eigenvalue weighted by Gasteiger charge is 2.51. The predicted octanol–water partition coefficient (Wildman–Crippen LogP) is 5.66. The molecule has 8 rings (SSSR count). The van der Waals surface area contributed by atoms with Gasteiger partial charge in [-0.05, 0) is 117 Å². The Hall–Kier alpha value is -5.26. The fraction of sp³-hybridized carbons (Fsp3) is 0.263. The van der Waals surface area contributed by atoms with Gasteiger partial charge >= 0.3 is 18.4 Å². The van der Waals surface area contributed by atoms with Gasteiger partial charge in [-0.15, -0.1) is 0 Å². The molecule has 0 atom stereocenters. The van der Waals surface area contributed by atoms with E-state index >= 15 is 0 Å². The first-order valence-corrected chi connectivity index (χ1v) is 16.4. The number of hydrogen-bond donors (Lipinski definition) is 0. The molecule has 49 heavy (non-hydrogen) atoms. The van der Waals surface area contributed by atoms with Crippen molar-refractivity contribution < 1.29 is 18.1 Å². The van der Waals surface area contributed by atoms with Gasteiger partial charge in [0.2, 0.25) is 11.4 Å². The maximum atomic E-state index is 12.8. The molecule has 0 amide bonds. The Labute approximate surface area is 281 Å². The summed E-state index contributed by atoms with van der Waals surface area (Å²) in [4.78, 5) is 43.2. The summed E-state index contributed by atoms with van der Waals surface area (Å²) in [6.07, 6.45) is 9.54. The van der Waals surface area contributed by atoms with E-state index in [2.05, 4.69) is 38.1 Å². The topological polar surface area (TPSA) is 130 Å². The average Bonchev–Trinajstić information content (AvgIpc) is 3.32. The van der Waals surface area contributed by atoms with E-state index in [4.69, 9.17) is 18.1 Å². The van der Waals surface area contributed by atoms with Crippen LogP contribution < -0.4 is 16.7 Å². The third-order valence-corrected chi connectivity index (χ3v) is 9.76. The van der Waals surface area contributed by atoms with Crippen LogP contribution in [0.25, 0.3) is 44.0 Å². The normalized spacial score (nSPS) is 15.6. The molecule has 0 radical (unpaired) electrons. The van der Waals surface area contributed by atoms with Crippen LogP contribution in [0.1, 0.15) is 49.9 Å². The van der Waals surface area contributed by atoms with E-state index in [9.17, 15) is 9.59 Å². The van der Waals surface area contributed by atoms with Gasteiger partial charge < -0.3 is 18.1 Å². The second-order valence-electron chi connectivity index (χ2n) is 13.6. The van der Waals surface area contributed by atoms with Crippen molar-refractivity contribution >= 4 is 56.6 Å². The smallest absolute Gasteiger partial charge is 0.403 e. The lowest BCUT2D eigenvalue weighted by atomic mass is 9.76. The highest BCUT2D eigenvalue weighted by molar-refractivity contribution is 6.62. The fourth-order valence-electron chi connectivity index (χ4n) is 6.39. The van der Waals surface area contributed by atoms with Crippen molar-refractivity contribution in [3.8, 4) is 0 Å². The number of fused-ring (bicyclic) bond motifs is 6. The van der Waals surface area contributed by atoms with Crippen LogP contribution >= 0.6 is 0 Å². The SMILES string of the molecule is CC1(C)OB(c2cc(CCc3cnc4c(c3)c(=O)oc3ncccc34)cc(CCc3cnc4c(c3)c(=O)oc3ncccc34)c2)OC1(C)C. The largest absolute Gasteiger partial charge is 0.494 e. The maximum Gasteiger partial charge on any atom is 0.494 e. The van der Waals surface area contributed by atoms with Crippen LogP contribution in [0.5, 0.6) is 0 Å². The predicted molar refractivity (Wildman–Crippen MR) is 188 cm³/mol. The number of hydrogen-bond acceptors (Lipinski definition) is 10. The van der Waals surface area contributed by atoms with Gasteiger partial charge in [0.25, 0.3) is 0 Å². The van der Waals surface area contributed by atoms with Gasteiger partial charge in [0, 0.05) is 24.8 Å². The molecule has 0 spiro atoms. The molecule has 0 unspecified atom stereocenters. The van der Waals surface area contributed by atoms with E-state index in [1.54, 1.807) is 24.5 Å². The number of benzene rings is 1. The molecule has 1 saturated heterocycles. The molecule has 1 aliphatic heterocycles. The molecule has 11 heteroatoms. The van der Waals surface area contributed by atoms with Gasteiger partial charge in [-0.1, -0.05) is 18.2 Å². The van der Waals surface area contributed by atoms with E-state index in [-0.39, 0.29) is 11.4 Å². The molecule has 1 aliphatic rings. The summed E-state index contributed by atoms with van der Waals surface area (Å²) in [7, 11) is -0.522. The van der Waals surface area contributed by atoms with Gasteiger partial charge in [-0.2, -0.15) is 0 Å². The number of pyridine rings is 4. The molecule has 0 aliphatic carbocycles. The van der Waals surface area contributed by atoms with Crippen LogP contribution in [0, 0.1) is 0 Å². The van der Waals surface area contributed by atoms with Crippen molar-refractivity contribution in [2.45, 2.75) is 64.6 Å². The Bertz CT molecular complexity index is 2370. The molecule has 0 bridgehead atoms. The zero-order valence-electron chi connectivity index (χ0n) is 27.6. The minimum Gasteiger partial charge on any atom is -0.403 e. The van der Waals surface area contributed by atoms with Gasteiger partial charge in [0.15, 0.2) is 0 Å². The standard InChI is InChI=1S/C38H33BN4O6/c1-37(2)38(3,4)49-39(48-37)26-16-22(9-11-24-18-29-31(42-20-24)27-7-5-13-40-33(27)46-35(29)44)15-23(17-26)10-12-25-19-30-32(43-21-25)28-8-6-14-41-34(28)47-36(30)45/h5-8,13-21H,9-12H2,1-4H3. The summed E-state index contributed by atoms with van der Waals surface area (Å²) < 4.78 is 23.8. The molecule has 0 N–H and O–H groups in total. The lowest BCUT2D eigenvalue weighted by Crippen LogP contribution is -2.41. The summed E-state index contributed by atoms with van der Waals surface area (Å²) in [5.41, 5.74) is 4.85. The third-order valence-electron chi connectivity index (χ3n) is 9.76. The second-order valence-corrected chi connectivity index (χ2v) is 13.6. The summed E-state index contributed by atoms with van der Waals surface area (Å²) in [6, 6.07) is 17.5. The first kappa shape index (κ1) is 31.0. The van der Waals surface area contributed by atoms with Crippen molar-refractivity contribution in [1.29, 1.82) is 0 Å². The minimum absolute atomic E-state index is 0.279. The number of nitrogens with zero attached hydrogens (tertiary/aromatic N) is 4. The lowest BCUT2D eigenvalue weighted by molar-refractivity contribution is 0.00578. The monoisotopic (exact) mass is 652 g/mol. The quantitative estimate of drug-likeness (QED) is 0.157. The van der Waals surface area contributed by atoms with E-state index < -0.39 is 29.6 Å². The average molecular weight is 653 g/mol. The molecule has 244 valence electrons. The van der Waals surface area contributed by atoms with E-state index in [0.717, 1.165) is 27.7 Å². The van der Waals surface area contributed by atoms with Crippen LogP contribution in [0.2, 0.25) is 0 Å². The summed E-state index contributed by atoms with van der Waals surface area (Å²) in [5, 5.41) is 2.28. The first-order valence-electron chi connectivity index (χ1n) is 16.4. The second kappa shape index (κ2) is 11.7. The lowest BCUT2D eigenvalue weighted by Gasteiger charge is -2.32. The summed E-state index contributed by atoms with van der Waals surface area (Å²) in [6.45, 7) is 8.18. The molecule has 7 heterocycles. The van der Waals surface area contributed by atoms with Gasteiger partial charge in [-0.25, -0.2) is 19.6 Å². The van der Waals surface area contributed by atoms with Crippen molar-refractivity contribution in [3.63, 3.8) is 0 Å².